The second-order valence-electron chi connectivity index (χ2n) is 7.04. The summed E-state index contributed by atoms with van der Waals surface area (Å²) in [5, 5.41) is 19.0. The maximum absolute atomic E-state index is 12.3. The number of aromatic nitrogens is 4. The van der Waals surface area contributed by atoms with Crippen molar-refractivity contribution < 1.29 is 4.79 Å². The summed E-state index contributed by atoms with van der Waals surface area (Å²) in [6.45, 7) is 2.49. The molecule has 7 nitrogen and oxygen atoms in total. The van der Waals surface area contributed by atoms with Gasteiger partial charge in [-0.25, -0.2) is 0 Å². The third kappa shape index (κ3) is 4.61. The first-order chi connectivity index (χ1) is 13.8. The third-order valence-electron chi connectivity index (χ3n) is 5.02. The van der Waals surface area contributed by atoms with Gasteiger partial charge in [0.2, 0.25) is 11.7 Å². The summed E-state index contributed by atoms with van der Waals surface area (Å²) in [6.07, 6.45) is 2.60. The summed E-state index contributed by atoms with van der Waals surface area (Å²) in [7, 11) is 0. The number of benzene rings is 2. The molecule has 0 bridgehead atoms. The highest BCUT2D eigenvalue weighted by Crippen LogP contribution is 2.17. The van der Waals surface area contributed by atoms with Gasteiger partial charge < -0.3 is 10.6 Å². The zero-order valence-corrected chi connectivity index (χ0v) is 15.7. The molecule has 0 aliphatic carbocycles. The minimum Gasteiger partial charge on any atom is -0.326 e. The molecule has 2 aromatic carbocycles. The van der Waals surface area contributed by atoms with E-state index in [1.165, 1.54) is 5.56 Å². The van der Waals surface area contributed by atoms with E-state index in [-0.39, 0.29) is 11.8 Å². The molecule has 0 saturated carbocycles. The molecular weight excluding hydrogens is 352 g/mol. The van der Waals surface area contributed by atoms with Crippen molar-refractivity contribution in [3.05, 3.63) is 60.2 Å². The molecule has 2 heterocycles. The zero-order valence-electron chi connectivity index (χ0n) is 15.7. The van der Waals surface area contributed by atoms with Crippen LogP contribution in [0.5, 0.6) is 0 Å². The van der Waals surface area contributed by atoms with E-state index >= 15 is 0 Å². The molecule has 28 heavy (non-hydrogen) atoms. The highest BCUT2D eigenvalue weighted by Gasteiger charge is 2.20. The number of amides is 1. The molecule has 7 heteroatoms. The van der Waals surface area contributed by atoms with Crippen molar-refractivity contribution in [2.24, 2.45) is 5.92 Å². The predicted molar refractivity (Wildman–Crippen MR) is 108 cm³/mol. The van der Waals surface area contributed by atoms with Gasteiger partial charge in [-0.15, -0.1) is 10.2 Å². The summed E-state index contributed by atoms with van der Waals surface area (Å²) in [4.78, 5) is 13.9. The fourth-order valence-corrected chi connectivity index (χ4v) is 3.35. The van der Waals surface area contributed by atoms with E-state index in [4.69, 9.17) is 0 Å². The number of aryl methyl sites for hydroxylation is 2. The van der Waals surface area contributed by atoms with E-state index in [0.29, 0.717) is 12.4 Å². The Bertz CT molecular complexity index is 900. The van der Waals surface area contributed by atoms with Crippen LogP contribution in [0.1, 0.15) is 18.4 Å². The Kier molecular flexibility index (Phi) is 5.72. The van der Waals surface area contributed by atoms with Gasteiger partial charge in [0.15, 0.2) is 0 Å². The molecule has 0 atom stereocenters. The van der Waals surface area contributed by atoms with Gasteiger partial charge in [-0.3, -0.25) is 4.79 Å². The number of hydrogen-bond donors (Lipinski definition) is 2. The number of tetrazole rings is 1. The number of nitrogens with zero attached hydrogens (tertiary/aromatic N) is 4. The van der Waals surface area contributed by atoms with E-state index in [9.17, 15) is 4.79 Å². The van der Waals surface area contributed by atoms with Crippen LogP contribution < -0.4 is 10.6 Å². The van der Waals surface area contributed by atoms with Crippen LogP contribution in [0.3, 0.4) is 0 Å². The average molecular weight is 376 g/mol. The molecule has 144 valence electrons. The lowest BCUT2D eigenvalue weighted by Gasteiger charge is -2.21. The molecule has 1 fully saturated rings. The average Bonchev–Trinajstić information content (AvgIpc) is 3.24. The van der Waals surface area contributed by atoms with Gasteiger partial charge in [-0.2, -0.15) is 4.80 Å². The zero-order chi connectivity index (χ0) is 19.2. The Hall–Kier alpha value is -3.06. The van der Waals surface area contributed by atoms with Gasteiger partial charge in [-0.1, -0.05) is 42.5 Å². The second kappa shape index (κ2) is 8.75. The van der Waals surface area contributed by atoms with Crippen LogP contribution in [0.2, 0.25) is 0 Å². The molecular formula is C21H24N6O. The molecule has 0 spiro atoms. The molecule has 0 unspecified atom stereocenters. The van der Waals surface area contributed by atoms with Gasteiger partial charge >= 0.3 is 0 Å². The molecule has 2 N–H and O–H groups in total. The Morgan fingerprint density at radius 3 is 2.57 bits per heavy atom. The fourth-order valence-electron chi connectivity index (χ4n) is 3.35. The summed E-state index contributed by atoms with van der Waals surface area (Å²) >= 11 is 0. The maximum Gasteiger partial charge on any atom is 0.227 e. The summed E-state index contributed by atoms with van der Waals surface area (Å²) in [6, 6.07) is 17.8. The third-order valence-corrected chi connectivity index (χ3v) is 5.02. The van der Waals surface area contributed by atoms with Gasteiger partial charge in [0.25, 0.3) is 0 Å². The van der Waals surface area contributed by atoms with Gasteiger partial charge in [-0.05, 0) is 55.3 Å². The summed E-state index contributed by atoms with van der Waals surface area (Å²) in [5.41, 5.74) is 2.97. The van der Waals surface area contributed by atoms with E-state index in [0.717, 1.165) is 43.6 Å². The van der Waals surface area contributed by atoms with Crippen molar-refractivity contribution >= 4 is 11.6 Å². The van der Waals surface area contributed by atoms with Crippen LogP contribution in [-0.2, 0) is 17.8 Å². The van der Waals surface area contributed by atoms with Crippen molar-refractivity contribution in [3.8, 4) is 11.4 Å². The van der Waals surface area contributed by atoms with Crippen molar-refractivity contribution in [1.29, 1.82) is 0 Å². The number of hydrogen-bond acceptors (Lipinski definition) is 5. The second-order valence-corrected chi connectivity index (χ2v) is 7.04. The number of carbonyl (C=O) groups excluding carboxylic acids is 1. The van der Waals surface area contributed by atoms with Crippen molar-refractivity contribution in [1.82, 2.24) is 25.5 Å². The fraction of sp³-hybridized carbons (Fsp3) is 0.333. The summed E-state index contributed by atoms with van der Waals surface area (Å²) < 4.78 is 0. The molecule has 1 amide bonds. The van der Waals surface area contributed by atoms with E-state index in [1.807, 2.05) is 54.6 Å². The monoisotopic (exact) mass is 376 g/mol. The predicted octanol–water partition coefficient (Wildman–Crippen LogP) is 2.52. The van der Waals surface area contributed by atoms with Crippen LogP contribution in [0, 0.1) is 5.92 Å². The Labute approximate surface area is 164 Å². The van der Waals surface area contributed by atoms with E-state index < -0.39 is 0 Å². The Balaban J connectivity index is 1.30. The Morgan fingerprint density at radius 2 is 1.82 bits per heavy atom. The number of piperidine rings is 1. The lowest BCUT2D eigenvalue weighted by molar-refractivity contribution is -0.120. The Morgan fingerprint density at radius 1 is 1.07 bits per heavy atom. The number of carbonyl (C=O) groups is 1. The van der Waals surface area contributed by atoms with Crippen LogP contribution in [0.25, 0.3) is 11.4 Å². The maximum atomic E-state index is 12.3. The first-order valence-corrected chi connectivity index (χ1v) is 9.72. The van der Waals surface area contributed by atoms with Gasteiger partial charge in [0, 0.05) is 17.2 Å². The minimum absolute atomic E-state index is 0.109. The van der Waals surface area contributed by atoms with Gasteiger partial charge in [0.05, 0.1) is 6.54 Å². The lowest BCUT2D eigenvalue weighted by atomic mass is 9.97. The highest BCUT2D eigenvalue weighted by atomic mass is 16.1. The molecule has 0 radical (unpaired) electrons. The minimum atomic E-state index is 0.109. The van der Waals surface area contributed by atoms with E-state index in [1.54, 1.807) is 4.80 Å². The highest BCUT2D eigenvalue weighted by molar-refractivity contribution is 5.92. The molecule has 4 rings (SSSR count). The van der Waals surface area contributed by atoms with E-state index in [2.05, 4.69) is 26.0 Å². The van der Waals surface area contributed by atoms with Crippen LogP contribution in [-0.4, -0.2) is 39.2 Å². The van der Waals surface area contributed by atoms with Gasteiger partial charge in [0.1, 0.15) is 0 Å². The molecule has 3 aromatic rings. The number of anilines is 1. The quantitative estimate of drug-likeness (QED) is 0.691. The van der Waals surface area contributed by atoms with Crippen molar-refractivity contribution in [2.75, 3.05) is 18.4 Å². The molecule has 1 aromatic heterocycles. The standard InChI is InChI=1S/C21H24N6O/c28-21(18-10-13-22-14-11-18)23-19-8-6-16(7-9-19)12-15-27-25-20(24-26-27)17-4-2-1-3-5-17/h1-9,18,22H,10-15H2,(H,23,28). The SMILES string of the molecule is O=C(Nc1ccc(CCn2nnc(-c3ccccc3)n2)cc1)C1CCNCC1. The number of rotatable bonds is 6. The molecule has 1 aliphatic heterocycles. The van der Waals surface area contributed by atoms with Crippen LogP contribution >= 0.6 is 0 Å². The normalized spacial score (nSPS) is 14.7. The molecule has 1 aliphatic rings. The van der Waals surface area contributed by atoms with Crippen LogP contribution in [0.4, 0.5) is 5.69 Å². The topological polar surface area (TPSA) is 84.7 Å². The first kappa shape index (κ1) is 18.3. The summed E-state index contributed by atoms with van der Waals surface area (Å²) in [5.74, 6) is 0.865. The van der Waals surface area contributed by atoms with Crippen molar-refractivity contribution in [3.63, 3.8) is 0 Å². The largest absolute Gasteiger partial charge is 0.326 e. The first-order valence-electron chi connectivity index (χ1n) is 9.72. The smallest absolute Gasteiger partial charge is 0.227 e. The lowest BCUT2D eigenvalue weighted by Crippen LogP contribution is -2.34. The number of nitrogens with one attached hydrogen (secondary N) is 2. The van der Waals surface area contributed by atoms with Crippen LogP contribution in [0.15, 0.2) is 54.6 Å². The van der Waals surface area contributed by atoms with Crippen molar-refractivity contribution in [2.45, 2.75) is 25.8 Å². The molecule has 1 saturated heterocycles.